The first-order valence-electron chi connectivity index (χ1n) is 9.97. The lowest BCUT2D eigenvalue weighted by molar-refractivity contribution is 0.0697. The van der Waals surface area contributed by atoms with Gasteiger partial charge < -0.3 is 9.84 Å². The number of aromatic carboxylic acids is 1. The van der Waals surface area contributed by atoms with Crippen molar-refractivity contribution in [3.63, 3.8) is 0 Å². The molecule has 3 aromatic rings. The van der Waals surface area contributed by atoms with Crippen molar-refractivity contribution < 1.29 is 14.6 Å². The van der Waals surface area contributed by atoms with E-state index in [0.29, 0.717) is 25.3 Å². The lowest BCUT2D eigenvalue weighted by Crippen LogP contribution is -2.27. The molecule has 0 amide bonds. The number of carboxylic acid groups (broad SMARTS) is 1. The molecule has 7 heteroatoms. The van der Waals surface area contributed by atoms with Gasteiger partial charge in [0.2, 0.25) is 0 Å². The summed E-state index contributed by atoms with van der Waals surface area (Å²) >= 11 is 1.68. The maximum atomic E-state index is 13.3. The van der Waals surface area contributed by atoms with E-state index in [4.69, 9.17) is 14.8 Å². The van der Waals surface area contributed by atoms with E-state index in [1.165, 1.54) is 22.6 Å². The molecule has 0 fully saturated rings. The molecule has 0 atom stereocenters. The second-order valence-electron chi connectivity index (χ2n) is 7.65. The van der Waals surface area contributed by atoms with E-state index in [9.17, 15) is 9.59 Å². The minimum Gasteiger partial charge on any atom is -0.494 e. The molecule has 0 spiro atoms. The summed E-state index contributed by atoms with van der Waals surface area (Å²) in [6.45, 7) is 5.11. The zero-order chi connectivity index (χ0) is 20.5. The van der Waals surface area contributed by atoms with Crippen LogP contribution in [0.1, 0.15) is 59.2 Å². The molecule has 0 aliphatic heterocycles. The Morgan fingerprint density at radius 3 is 2.72 bits per heavy atom. The van der Waals surface area contributed by atoms with Gasteiger partial charge in [0, 0.05) is 17.3 Å². The van der Waals surface area contributed by atoms with Crippen LogP contribution in [0.25, 0.3) is 10.2 Å². The minimum absolute atomic E-state index is 0.0731. The molecule has 2 heterocycles. The molecule has 0 saturated heterocycles. The molecular formula is C22H24N2O4S. The number of benzene rings is 1. The van der Waals surface area contributed by atoms with Crippen LogP contribution >= 0.6 is 11.3 Å². The molecule has 0 bridgehead atoms. The summed E-state index contributed by atoms with van der Waals surface area (Å²) in [6, 6.07) is 6.34. The van der Waals surface area contributed by atoms with Crippen molar-refractivity contribution in [1.82, 2.24) is 9.55 Å². The fourth-order valence-electron chi connectivity index (χ4n) is 3.86. The van der Waals surface area contributed by atoms with Crippen molar-refractivity contribution in [2.24, 2.45) is 0 Å². The van der Waals surface area contributed by atoms with Gasteiger partial charge in [0.25, 0.3) is 5.56 Å². The Morgan fingerprint density at radius 2 is 2.03 bits per heavy atom. The van der Waals surface area contributed by atoms with Crippen molar-refractivity contribution in [2.75, 3.05) is 6.61 Å². The molecule has 0 unspecified atom stereocenters. The standard InChI is InChI=1S/C22H24N2O4S/c1-13(2)19-23-20-18(16-5-3-6-17(16)29-20)21(25)24(19)11-4-12-28-15-9-7-14(8-10-15)22(26)27/h7-10,13H,3-6,11-12H2,1-2H3,(H,26,27). The van der Waals surface area contributed by atoms with Gasteiger partial charge in [-0.2, -0.15) is 0 Å². The first-order valence-corrected chi connectivity index (χ1v) is 10.8. The van der Waals surface area contributed by atoms with E-state index in [0.717, 1.165) is 35.3 Å². The molecule has 152 valence electrons. The normalized spacial score (nSPS) is 13.2. The number of nitrogens with zero attached hydrogens (tertiary/aromatic N) is 2. The van der Waals surface area contributed by atoms with Crippen LogP contribution in [-0.2, 0) is 19.4 Å². The Bertz CT molecular complexity index is 1110. The van der Waals surface area contributed by atoms with E-state index in [1.807, 2.05) is 4.57 Å². The second kappa shape index (κ2) is 7.99. The van der Waals surface area contributed by atoms with Gasteiger partial charge in [0.1, 0.15) is 16.4 Å². The fraction of sp³-hybridized carbons (Fsp3) is 0.409. The van der Waals surface area contributed by atoms with Crippen molar-refractivity contribution in [3.05, 3.63) is 56.4 Å². The molecule has 1 aliphatic carbocycles. The highest BCUT2D eigenvalue weighted by Crippen LogP contribution is 2.35. The van der Waals surface area contributed by atoms with E-state index in [2.05, 4.69) is 13.8 Å². The van der Waals surface area contributed by atoms with Gasteiger partial charge in [-0.15, -0.1) is 11.3 Å². The van der Waals surface area contributed by atoms with Crippen molar-refractivity contribution in [1.29, 1.82) is 0 Å². The van der Waals surface area contributed by atoms with Crippen molar-refractivity contribution in [2.45, 2.75) is 52.0 Å². The molecule has 0 radical (unpaired) electrons. The minimum atomic E-state index is -0.958. The van der Waals surface area contributed by atoms with Crippen LogP contribution in [-0.4, -0.2) is 27.2 Å². The van der Waals surface area contributed by atoms with E-state index < -0.39 is 5.97 Å². The molecule has 2 aromatic heterocycles. The van der Waals surface area contributed by atoms with Gasteiger partial charge in [-0.25, -0.2) is 9.78 Å². The van der Waals surface area contributed by atoms with Crippen LogP contribution < -0.4 is 10.3 Å². The number of fused-ring (bicyclic) bond motifs is 3. The van der Waals surface area contributed by atoms with Gasteiger partial charge in [-0.1, -0.05) is 13.8 Å². The number of thiophene rings is 1. The molecule has 1 aliphatic rings. The van der Waals surface area contributed by atoms with Crippen LogP contribution in [0.3, 0.4) is 0 Å². The van der Waals surface area contributed by atoms with Crippen LogP contribution in [0.2, 0.25) is 0 Å². The summed E-state index contributed by atoms with van der Waals surface area (Å²) < 4.78 is 7.54. The Balaban J connectivity index is 1.51. The lowest BCUT2D eigenvalue weighted by atomic mass is 10.1. The third kappa shape index (κ3) is 3.79. The number of hydrogen-bond acceptors (Lipinski definition) is 5. The Morgan fingerprint density at radius 1 is 1.28 bits per heavy atom. The maximum absolute atomic E-state index is 13.3. The Hall–Kier alpha value is -2.67. The zero-order valence-corrected chi connectivity index (χ0v) is 17.4. The number of hydrogen-bond donors (Lipinski definition) is 1. The first-order chi connectivity index (χ1) is 14.0. The fourth-order valence-corrected chi connectivity index (χ4v) is 5.11. The summed E-state index contributed by atoms with van der Waals surface area (Å²) in [5.74, 6) is 0.650. The summed E-state index contributed by atoms with van der Waals surface area (Å²) in [4.78, 5) is 31.2. The highest BCUT2D eigenvalue weighted by molar-refractivity contribution is 7.18. The molecule has 4 rings (SSSR count). The van der Waals surface area contributed by atoms with Crippen LogP contribution in [0, 0.1) is 0 Å². The average Bonchev–Trinajstić information content (AvgIpc) is 3.27. The molecule has 1 aromatic carbocycles. The van der Waals surface area contributed by atoms with Crippen LogP contribution in [0.15, 0.2) is 29.1 Å². The summed E-state index contributed by atoms with van der Waals surface area (Å²) in [5, 5.41) is 9.77. The molecule has 1 N–H and O–H groups in total. The number of aryl methyl sites for hydroxylation is 2. The summed E-state index contributed by atoms with van der Waals surface area (Å²) in [5.41, 5.74) is 1.51. The second-order valence-corrected chi connectivity index (χ2v) is 8.73. The van der Waals surface area contributed by atoms with Crippen LogP contribution in [0.5, 0.6) is 5.75 Å². The third-order valence-corrected chi connectivity index (χ3v) is 6.45. The van der Waals surface area contributed by atoms with Gasteiger partial charge >= 0.3 is 5.97 Å². The number of carbonyl (C=O) groups is 1. The third-order valence-electron chi connectivity index (χ3n) is 5.27. The quantitative estimate of drug-likeness (QED) is 0.587. The number of aromatic nitrogens is 2. The van der Waals surface area contributed by atoms with Crippen molar-refractivity contribution >= 4 is 27.5 Å². The largest absolute Gasteiger partial charge is 0.494 e. The average molecular weight is 413 g/mol. The van der Waals surface area contributed by atoms with Gasteiger partial charge in [0.05, 0.1) is 17.6 Å². The number of ether oxygens (including phenoxy) is 1. The predicted octanol–water partition coefficient (Wildman–Crippen LogP) is 4.24. The van der Waals surface area contributed by atoms with Crippen molar-refractivity contribution in [3.8, 4) is 5.75 Å². The topological polar surface area (TPSA) is 81.4 Å². The maximum Gasteiger partial charge on any atom is 0.335 e. The van der Waals surface area contributed by atoms with E-state index >= 15 is 0 Å². The lowest BCUT2D eigenvalue weighted by Gasteiger charge is -2.15. The SMILES string of the molecule is CC(C)c1nc2sc3c(c2c(=O)n1CCCOc1ccc(C(=O)O)cc1)CCC3. The van der Waals surface area contributed by atoms with Gasteiger partial charge in [-0.05, 0) is 55.5 Å². The molecule has 6 nitrogen and oxygen atoms in total. The molecular weight excluding hydrogens is 388 g/mol. The monoisotopic (exact) mass is 412 g/mol. The Labute approximate surface area is 172 Å². The Kier molecular flexibility index (Phi) is 5.41. The summed E-state index contributed by atoms with van der Waals surface area (Å²) in [6.07, 6.45) is 3.82. The first kappa shape index (κ1) is 19.6. The highest BCUT2D eigenvalue weighted by Gasteiger charge is 2.23. The highest BCUT2D eigenvalue weighted by atomic mass is 32.1. The van der Waals surface area contributed by atoms with E-state index in [-0.39, 0.29) is 17.0 Å². The number of rotatable bonds is 7. The smallest absolute Gasteiger partial charge is 0.335 e. The summed E-state index contributed by atoms with van der Waals surface area (Å²) in [7, 11) is 0. The van der Waals surface area contributed by atoms with Gasteiger partial charge in [0.15, 0.2) is 0 Å². The number of carboxylic acids is 1. The van der Waals surface area contributed by atoms with E-state index in [1.54, 1.807) is 23.5 Å². The van der Waals surface area contributed by atoms with Gasteiger partial charge in [-0.3, -0.25) is 9.36 Å². The van der Waals surface area contributed by atoms with Crippen LogP contribution in [0.4, 0.5) is 0 Å². The predicted molar refractivity (Wildman–Crippen MR) is 114 cm³/mol. The molecule has 29 heavy (non-hydrogen) atoms. The molecule has 0 saturated carbocycles. The zero-order valence-electron chi connectivity index (χ0n) is 16.6.